The average molecular weight is 458 g/mol. The van der Waals surface area contributed by atoms with Crippen molar-refractivity contribution < 1.29 is 31.8 Å². The molecule has 2 heterocycles. The molecule has 168 valence electrons. The Balaban J connectivity index is 1.65. The van der Waals surface area contributed by atoms with Crippen molar-refractivity contribution >= 4 is 23.3 Å². The minimum Gasteiger partial charge on any atom is -0.435 e. The largest absolute Gasteiger partial charge is 0.435 e. The van der Waals surface area contributed by atoms with Crippen molar-refractivity contribution in [1.82, 2.24) is 10.2 Å². The highest BCUT2D eigenvalue weighted by Crippen LogP contribution is 2.29. The third-order valence-electron chi connectivity index (χ3n) is 4.76. The van der Waals surface area contributed by atoms with Crippen LogP contribution in [0.5, 0.6) is 11.5 Å². The van der Waals surface area contributed by atoms with Crippen LogP contribution >= 0.6 is 11.3 Å². The second-order valence-electron chi connectivity index (χ2n) is 6.81. The fraction of sp³-hybridized carbons (Fsp3) is 0.381. The number of carbonyl (C=O) groups is 1. The van der Waals surface area contributed by atoms with Crippen molar-refractivity contribution in [3.8, 4) is 11.5 Å². The molecule has 1 unspecified atom stereocenters. The molecule has 1 N–H and O–H groups in total. The van der Waals surface area contributed by atoms with E-state index < -0.39 is 19.1 Å². The zero-order valence-electron chi connectivity index (χ0n) is 16.5. The lowest BCUT2D eigenvalue weighted by Gasteiger charge is -2.26. The Morgan fingerprint density at radius 1 is 1.13 bits per heavy atom. The van der Waals surface area contributed by atoms with Crippen LogP contribution in [0.1, 0.15) is 29.3 Å². The van der Waals surface area contributed by atoms with E-state index in [1.165, 1.54) is 24.3 Å². The zero-order valence-corrected chi connectivity index (χ0v) is 17.3. The summed E-state index contributed by atoms with van der Waals surface area (Å²) in [6.45, 7) is -3.91. The minimum atomic E-state index is -3.16. The van der Waals surface area contributed by atoms with E-state index in [-0.39, 0.29) is 23.1 Å². The van der Waals surface area contributed by atoms with Crippen molar-refractivity contribution in [2.75, 3.05) is 19.6 Å². The Morgan fingerprint density at radius 2 is 1.87 bits per heavy atom. The molecule has 5 nitrogen and oxygen atoms in total. The molecule has 31 heavy (non-hydrogen) atoms. The van der Waals surface area contributed by atoms with Gasteiger partial charge in [0.05, 0.1) is 6.04 Å². The normalized spacial score (nSPS) is 15.7. The molecule has 1 fully saturated rings. The quantitative estimate of drug-likeness (QED) is 0.406. The number of ether oxygens (including phenoxy) is 2. The molecular weight excluding hydrogens is 436 g/mol. The van der Waals surface area contributed by atoms with Gasteiger partial charge in [-0.15, -0.1) is 11.3 Å². The summed E-state index contributed by atoms with van der Waals surface area (Å²) in [6.07, 6.45) is 4.72. The lowest BCUT2D eigenvalue weighted by molar-refractivity contribution is -0.116. The molecule has 10 heteroatoms. The van der Waals surface area contributed by atoms with Crippen LogP contribution in [0, 0.1) is 0 Å². The van der Waals surface area contributed by atoms with E-state index in [4.69, 9.17) is 0 Å². The highest BCUT2D eigenvalue weighted by Gasteiger charge is 2.24. The van der Waals surface area contributed by atoms with Gasteiger partial charge in [-0.1, -0.05) is 6.07 Å². The summed E-state index contributed by atoms with van der Waals surface area (Å²) in [5.41, 5.74) is 0.131. The molecule has 1 aromatic carbocycles. The van der Waals surface area contributed by atoms with Gasteiger partial charge >= 0.3 is 13.2 Å². The summed E-state index contributed by atoms with van der Waals surface area (Å²) >= 11 is 1.63. The number of rotatable bonds is 10. The summed E-state index contributed by atoms with van der Waals surface area (Å²) in [7, 11) is 0. The molecule has 1 saturated heterocycles. The van der Waals surface area contributed by atoms with Gasteiger partial charge in [0.25, 0.3) is 0 Å². The van der Waals surface area contributed by atoms with E-state index in [1.807, 2.05) is 17.5 Å². The number of halogens is 4. The van der Waals surface area contributed by atoms with Gasteiger partial charge in [-0.05, 0) is 55.6 Å². The van der Waals surface area contributed by atoms with Gasteiger partial charge in [-0.2, -0.15) is 17.6 Å². The van der Waals surface area contributed by atoms with Crippen LogP contribution in [-0.4, -0.2) is 43.7 Å². The third-order valence-corrected chi connectivity index (χ3v) is 5.74. The van der Waals surface area contributed by atoms with Gasteiger partial charge in [0, 0.05) is 29.1 Å². The number of alkyl halides is 4. The first kappa shape index (κ1) is 23.1. The molecule has 0 saturated carbocycles. The van der Waals surface area contributed by atoms with Crippen molar-refractivity contribution in [3.05, 3.63) is 52.2 Å². The highest BCUT2D eigenvalue weighted by molar-refractivity contribution is 7.10. The Morgan fingerprint density at radius 3 is 2.52 bits per heavy atom. The van der Waals surface area contributed by atoms with Crippen molar-refractivity contribution in [1.29, 1.82) is 0 Å². The molecule has 1 aliphatic rings. The van der Waals surface area contributed by atoms with E-state index in [0.29, 0.717) is 6.54 Å². The maximum Gasteiger partial charge on any atom is 0.387 e. The van der Waals surface area contributed by atoms with Crippen LogP contribution in [0.15, 0.2) is 41.8 Å². The van der Waals surface area contributed by atoms with Gasteiger partial charge in [-0.3, -0.25) is 9.69 Å². The maximum atomic E-state index is 12.7. The summed E-state index contributed by atoms with van der Waals surface area (Å²) < 4.78 is 58.6. The van der Waals surface area contributed by atoms with Crippen LogP contribution in [0.2, 0.25) is 0 Å². The van der Waals surface area contributed by atoms with Gasteiger partial charge in [0.2, 0.25) is 5.91 Å². The summed E-state index contributed by atoms with van der Waals surface area (Å²) in [6, 6.07) is 7.45. The lowest BCUT2D eigenvalue weighted by atomic mass is 10.1. The molecule has 0 aliphatic carbocycles. The van der Waals surface area contributed by atoms with Gasteiger partial charge < -0.3 is 14.8 Å². The number of benzene rings is 1. The average Bonchev–Trinajstić information content (AvgIpc) is 3.41. The number of likely N-dealkylation sites (tertiary alicyclic amines) is 1. The number of hydrogen-bond donors (Lipinski definition) is 1. The fourth-order valence-electron chi connectivity index (χ4n) is 3.39. The standard InChI is InChI=1S/C21H22F4N2O3S/c22-20(23)29-15-7-5-14(17(12-15)30-21(24)25)6-8-19(28)26-13-16(18-4-3-11-31-18)27-9-1-2-10-27/h3-8,11-12,16,20-21H,1-2,9-10,13H2,(H,26,28)/b8-6+. The van der Waals surface area contributed by atoms with E-state index in [0.717, 1.165) is 36.9 Å². The first-order valence-electron chi connectivity index (χ1n) is 9.69. The van der Waals surface area contributed by atoms with E-state index in [1.54, 1.807) is 11.3 Å². The number of thiophene rings is 1. The predicted molar refractivity (Wildman–Crippen MR) is 110 cm³/mol. The molecule has 0 radical (unpaired) electrons. The minimum absolute atomic E-state index is 0.0726. The van der Waals surface area contributed by atoms with E-state index >= 15 is 0 Å². The Kier molecular flexibility index (Phi) is 8.30. The molecule has 1 atom stereocenters. The smallest absolute Gasteiger partial charge is 0.387 e. The zero-order chi connectivity index (χ0) is 22.2. The van der Waals surface area contributed by atoms with E-state index in [2.05, 4.69) is 19.7 Å². The summed E-state index contributed by atoms with van der Waals surface area (Å²) in [4.78, 5) is 15.8. The van der Waals surface area contributed by atoms with Crippen LogP contribution < -0.4 is 14.8 Å². The van der Waals surface area contributed by atoms with Crippen LogP contribution in [-0.2, 0) is 4.79 Å². The number of amides is 1. The molecule has 0 bridgehead atoms. The third kappa shape index (κ3) is 6.96. The Labute approximate surface area is 181 Å². The second-order valence-corrected chi connectivity index (χ2v) is 7.79. The Bertz CT molecular complexity index is 872. The van der Waals surface area contributed by atoms with Crippen LogP contribution in [0.3, 0.4) is 0 Å². The Hall–Kier alpha value is -2.59. The van der Waals surface area contributed by atoms with Crippen molar-refractivity contribution in [3.63, 3.8) is 0 Å². The predicted octanol–water partition coefficient (Wildman–Crippen LogP) is 4.92. The number of nitrogens with one attached hydrogen (secondary N) is 1. The highest BCUT2D eigenvalue weighted by atomic mass is 32.1. The second kappa shape index (κ2) is 11.1. The molecule has 1 aliphatic heterocycles. The SMILES string of the molecule is O=C(/C=C/c1ccc(OC(F)F)cc1OC(F)F)NCC(c1cccs1)N1CCCC1. The van der Waals surface area contributed by atoms with Crippen molar-refractivity contribution in [2.45, 2.75) is 32.1 Å². The molecule has 0 spiro atoms. The topological polar surface area (TPSA) is 50.8 Å². The fourth-order valence-corrected chi connectivity index (χ4v) is 4.25. The molecular formula is C21H22F4N2O3S. The van der Waals surface area contributed by atoms with Gasteiger partial charge in [0.1, 0.15) is 11.5 Å². The lowest BCUT2D eigenvalue weighted by Crippen LogP contribution is -2.35. The first-order valence-corrected chi connectivity index (χ1v) is 10.6. The summed E-state index contributed by atoms with van der Waals surface area (Å²) in [5.74, 6) is -1.10. The van der Waals surface area contributed by atoms with Gasteiger partial charge in [0.15, 0.2) is 0 Å². The van der Waals surface area contributed by atoms with Crippen LogP contribution in [0.4, 0.5) is 17.6 Å². The van der Waals surface area contributed by atoms with Crippen LogP contribution in [0.25, 0.3) is 6.08 Å². The van der Waals surface area contributed by atoms with Crippen molar-refractivity contribution in [2.24, 2.45) is 0 Å². The maximum absolute atomic E-state index is 12.7. The monoisotopic (exact) mass is 458 g/mol. The molecule has 3 rings (SSSR count). The van der Waals surface area contributed by atoms with Gasteiger partial charge in [-0.25, -0.2) is 0 Å². The van der Waals surface area contributed by atoms with E-state index in [9.17, 15) is 22.4 Å². The molecule has 1 aromatic heterocycles. The summed E-state index contributed by atoms with van der Waals surface area (Å²) in [5, 5.41) is 4.83. The number of hydrogen-bond acceptors (Lipinski definition) is 5. The number of nitrogens with zero attached hydrogens (tertiary/aromatic N) is 1. The molecule has 1 amide bonds. The molecule has 2 aromatic rings. The first-order chi connectivity index (χ1) is 14.9. The number of carbonyl (C=O) groups excluding carboxylic acids is 1.